The molecule has 1 aromatic rings. The average molecular weight is 364 g/mol. The number of carbonyl (C=O) groups is 1. The number of rotatable bonds is 4. The van der Waals surface area contributed by atoms with E-state index in [-0.39, 0.29) is 22.7 Å². The topological polar surface area (TPSA) is 79.9 Å². The predicted molar refractivity (Wildman–Crippen MR) is 97.3 cm³/mol. The summed E-state index contributed by atoms with van der Waals surface area (Å²) >= 11 is 0. The van der Waals surface area contributed by atoms with Gasteiger partial charge < -0.3 is 19.4 Å². The lowest BCUT2D eigenvalue weighted by Gasteiger charge is -2.61. The molecule has 0 radical (unpaired) electrons. The first kappa shape index (κ1) is 19.4. The summed E-state index contributed by atoms with van der Waals surface area (Å²) < 4.78 is 10.2. The van der Waals surface area contributed by atoms with Gasteiger partial charge in [0.05, 0.1) is 37.8 Å². The number of ether oxygens (including phenoxy) is 1. The minimum atomic E-state index is -1.09. The molecule has 2 N–H and O–H groups in total. The highest BCUT2D eigenvalue weighted by molar-refractivity contribution is 5.74. The lowest BCUT2D eigenvalue weighted by atomic mass is 9.44. The predicted octanol–water partition coefficient (Wildman–Crippen LogP) is 3.19. The normalized spacial score (nSPS) is 39.2. The van der Waals surface area contributed by atoms with Crippen molar-refractivity contribution in [3.8, 4) is 0 Å². The van der Waals surface area contributed by atoms with Crippen molar-refractivity contribution >= 4 is 5.97 Å². The molecule has 2 saturated carbocycles. The summed E-state index contributed by atoms with van der Waals surface area (Å²) in [6.45, 7) is 6.55. The summed E-state index contributed by atoms with van der Waals surface area (Å²) in [5.41, 5.74) is 0.787. The molecule has 2 fully saturated rings. The number of carbonyl (C=O) groups excluding carboxylic acids is 1. The van der Waals surface area contributed by atoms with E-state index in [0.29, 0.717) is 0 Å². The molecule has 0 aromatic carbocycles. The van der Waals surface area contributed by atoms with Crippen molar-refractivity contribution in [3.63, 3.8) is 0 Å². The maximum absolute atomic E-state index is 12.6. The van der Waals surface area contributed by atoms with Crippen LogP contribution in [0.2, 0.25) is 0 Å². The molecule has 1 heterocycles. The first-order valence-corrected chi connectivity index (χ1v) is 9.67. The van der Waals surface area contributed by atoms with E-state index in [0.717, 1.165) is 37.7 Å². The second kappa shape index (κ2) is 7.01. The molecule has 146 valence electrons. The summed E-state index contributed by atoms with van der Waals surface area (Å²) in [7, 11) is 1.35. The van der Waals surface area contributed by atoms with Crippen molar-refractivity contribution in [2.45, 2.75) is 65.1 Å². The highest BCUT2D eigenvalue weighted by Crippen LogP contribution is 2.62. The van der Waals surface area contributed by atoms with E-state index in [1.165, 1.54) is 7.11 Å². The Morgan fingerprint density at radius 2 is 2.00 bits per heavy atom. The number of esters is 1. The van der Waals surface area contributed by atoms with Crippen LogP contribution in [0.25, 0.3) is 0 Å². The van der Waals surface area contributed by atoms with Gasteiger partial charge in [0, 0.05) is 0 Å². The van der Waals surface area contributed by atoms with Gasteiger partial charge in [-0.2, -0.15) is 0 Å². The van der Waals surface area contributed by atoms with Gasteiger partial charge in [-0.15, -0.1) is 0 Å². The van der Waals surface area contributed by atoms with Crippen LogP contribution in [0.3, 0.4) is 0 Å². The van der Waals surface area contributed by atoms with Crippen LogP contribution < -0.4 is 0 Å². The van der Waals surface area contributed by atoms with Crippen LogP contribution in [0.4, 0.5) is 0 Å². The molecular formula is C21H32O5. The van der Waals surface area contributed by atoms with E-state index in [4.69, 9.17) is 9.15 Å². The van der Waals surface area contributed by atoms with Gasteiger partial charge in [0.25, 0.3) is 0 Å². The lowest BCUT2D eigenvalue weighted by Crippen LogP contribution is -2.64. The maximum atomic E-state index is 12.6. The third kappa shape index (κ3) is 3.09. The first-order chi connectivity index (χ1) is 12.2. The molecule has 0 aliphatic heterocycles. The molecule has 5 heteroatoms. The highest BCUT2D eigenvalue weighted by atomic mass is 16.5. The number of aliphatic hydroxyl groups is 2. The smallest absolute Gasteiger partial charge is 0.311 e. The second-order valence-electron chi connectivity index (χ2n) is 9.13. The number of hydrogen-bond acceptors (Lipinski definition) is 5. The Balaban J connectivity index is 1.99. The van der Waals surface area contributed by atoms with E-state index < -0.39 is 24.1 Å². The average Bonchev–Trinajstić information content (AvgIpc) is 3.08. The van der Waals surface area contributed by atoms with Crippen molar-refractivity contribution in [1.82, 2.24) is 0 Å². The molecule has 0 amide bonds. The zero-order valence-electron chi connectivity index (χ0n) is 16.3. The van der Waals surface area contributed by atoms with Gasteiger partial charge in [-0.05, 0) is 60.0 Å². The molecule has 6 atom stereocenters. The van der Waals surface area contributed by atoms with Gasteiger partial charge in [-0.25, -0.2) is 0 Å². The molecule has 1 aromatic heterocycles. The minimum absolute atomic E-state index is 0.0472. The number of furan rings is 1. The molecule has 0 spiro atoms. The number of aliphatic hydroxyl groups excluding tert-OH is 2. The van der Waals surface area contributed by atoms with Gasteiger partial charge >= 0.3 is 5.97 Å². The van der Waals surface area contributed by atoms with E-state index >= 15 is 0 Å². The number of methoxy groups -OCH3 is 1. The Hall–Kier alpha value is -1.33. The van der Waals surface area contributed by atoms with Crippen molar-refractivity contribution in [3.05, 3.63) is 24.2 Å². The van der Waals surface area contributed by atoms with Gasteiger partial charge in [0.2, 0.25) is 0 Å². The van der Waals surface area contributed by atoms with Gasteiger partial charge in [-0.1, -0.05) is 27.2 Å². The van der Waals surface area contributed by atoms with Gasteiger partial charge in [0.1, 0.15) is 0 Å². The number of fused-ring (bicyclic) bond motifs is 1. The largest absolute Gasteiger partial charge is 0.472 e. The highest BCUT2D eigenvalue weighted by Gasteiger charge is 2.62. The van der Waals surface area contributed by atoms with Crippen LogP contribution >= 0.6 is 0 Å². The molecule has 0 bridgehead atoms. The fourth-order valence-corrected chi connectivity index (χ4v) is 6.16. The van der Waals surface area contributed by atoms with Crippen LogP contribution in [-0.4, -0.2) is 35.5 Å². The van der Waals surface area contributed by atoms with Crippen molar-refractivity contribution in [1.29, 1.82) is 0 Å². The monoisotopic (exact) mass is 364 g/mol. The Labute approximate surface area is 155 Å². The number of hydrogen-bond donors (Lipinski definition) is 2. The van der Waals surface area contributed by atoms with Crippen LogP contribution in [0.1, 0.15) is 52.0 Å². The third-order valence-corrected chi connectivity index (χ3v) is 7.23. The van der Waals surface area contributed by atoms with E-state index in [1.807, 2.05) is 6.07 Å². The van der Waals surface area contributed by atoms with Crippen molar-refractivity contribution < 1.29 is 24.2 Å². The molecule has 0 unspecified atom stereocenters. The zero-order chi connectivity index (χ0) is 19.1. The van der Waals surface area contributed by atoms with Crippen LogP contribution in [0.5, 0.6) is 0 Å². The van der Waals surface area contributed by atoms with Crippen LogP contribution in [0, 0.1) is 28.6 Å². The molecule has 0 saturated heterocycles. The molecule has 26 heavy (non-hydrogen) atoms. The summed E-state index contributed by atoms with van der Waals surface area (Å²) in [5, 5.41) is 21.9. The van der Waals surface area contributed by atoms with Crippen LogP contribution in [0.15, 0.2) is 23.0 Å². The zero-order valence-corrected chi connectivity index (χ0v) is 16.3. The fourth-order valence-electron chi connectivity index (χ4n) is 6.16. The Morgan fingerprint density at radius 3 is 2.62 bits per heavy atom. The molecule has 3 rings (SSSR count). The molecule has 2 aliphatic rings. The Morgan fingerprint density at radius 1 is 1.27 bits per heavy atom. The van der Waals surface area contributed by atoms with Crippen molar-refractivity contribution in [2.75, 3.05) is 7.11 Å². The standard InChI is InChI=1S/C21H32O5/c1-20(2)9-5-10-21(3)14(7-6-13-8-11-26-12-13)15(19(24)25-4)16(22)17(23)18(20)21/h8,11-12,14-18,22-23H,5-7,9-10H2,1-4H3/t14-,15-,16-,17-,18-,21+/m0/s1. The SMILES string of the molecule is COC(=O)[C@@H]1[C@H](O)[C@H](O)[C@H]2C(C)(C)CCC[C@]2(C)[C@H]1CCc1ccoc1. The minimum Gasteiger partial charge on any atom is -0.472 e. The van der Waals surface area contributed by atoms with Gasteiger partial charge in [0.15, 0.2) is 0 Å². The maximum Gasteiger partial charge on any atom is 0.311 e. The molecule has 2 aliphatic carbocycles. The van der Waals surface area contributed by atoms with Crippen LogP contribution in [-0.2, 0) is 16.0 Å². The van der Waals surface area contributed by atoms with E-state index in [9.17, 15) is 15.0 Å². The molecule has 5 nitrogen and oxygen atoms in total. The lowest BCUT2D eigenvalue weighted by molar-refractivity contribution is -0.219. The quantitative estimate of drug-likeness (QED) is 0.802. The third-order valence-electron chi connectivity index (χ3n) is 7.23. The Kier molecular flexibility index (Phi) is 5.24. The van der Waals surface area contributed by atoms with Crippen molar-refractivity contribution in [2.24, 2.45) is 28.6 Å². The second-order valence-corrected chi connectivity index (χ2v) is 9.13. The Bertz CT molecular complexity index is 622. The summed E-state index contributed by atoms with van der Waals surface area (Å²) in [6.07, 6.45) is 5.96. The molecular weight excluding hydrogens is 332 g/mol. The summed E-state index contributed by atoms with van der Waals surface area (Å²) in [6, 6.07) is 1.94. The number of aryl methyl sites for hydroxylation is 1. The van der Waals surface area contributed by atoms with E-state index in [1.54, 1.807) is 12.5 Å². The fraction of sp³-hybridized carbons (Fsp3) is 0.762. The van der Waals surface area contributed by atoms with Gasteiger partial charge in [-0.3, -0.25) is 4.79 Å². The summed E-state index contributed by atoms with van der Waals surface area (Å²) in [5.74, 6) is -1.21. The van der Waals surface area contributed by atoms with E-state index in [2.05, 4.69) is 20.8 Å². The summed E-state index contributed by atoms with van der Waals surface area (Å²) in [4.78, 5) is 12.6. The first-order valence-electron chi connectivity index (χ1n) is 9.67.